The number of methoxy groups -OCH3 is 1. The minimum atomic E-state index is 0.428. The molecule has 0 radical (unpaired) electrons. The maximum Gasteiger partial charge on any atom is 0.120 e. The lowest BCUT2D eigenvalue weighted by atomic mass is 10.2. The van der Waals surface area contributed by atoms with E-state index in [4.69, 9.17) is 10.00 Å². The van der Waals surface area contributed by atoms with Crippen LogP contribution in [0.15, 0.2) is 23.2 Å². The van der Waals surface area contributed by atoms with E-state index in [0.717, 1.165) is 0 Å². The molecule has 1 aromatic rings. The quantitative estimate of drug-likeness (QED) is 0.531. The van der Waals surface area contributed by atoms with Crippen molar-refractivity contribution in [2.75, 3.05) is 7.11 Å². The molecule has 1 aromatic carbocycles. The highest BCUT2D eigenvalue weighted by atomic mass is 32.1. The van der Waals surface area contributed by atoms with Crippen molar-refractivity contribution in [2.24, 2.45) is 4.99 Å². The number of benzene rings is 1. The first-order valence-corrected chi connectivity index (χ1v) is 3.88. The fourth-order valence-electron chi connectivity index (χ4n) is 0.878. The lowest BCUT2D eigenvalue weighted by Crippen LogP contribution is -1.83. The highest BCUT2D eigenvalue weighted by Gasteiger charge is 2.01. The average Bonchev–Trinajstić information content (AvgIpc) is 2.19. The number of nitrogens with zero attached hydrogens (tertiary/aromatic N) is 2. The van der Waals surface area contributed by atoms with Gasteiger partial charge in [-0.25, -0.2) is 0 Å². The molecule has 0 saturated carbocycles. The topological polar surface area (TPSA) is 45.4 Å². The Morgan fingerprint density at radius 2 is 2.31 bits per heavy atom. The monoisotopic (exact) mass is 190 g/mol. The molecule has 1 rings (SSSR count). The van der Waals surface area contributed by atoms with Crippen molar-refractivity contribution in [3.8, 4) is 11.8 Å². The van der Waals surface area contributed by atoms with E-state index in [2.05, 4.69) is 22.4 Å². The van der Waals surface area contributed by atoms with Gasteiger partial charge in [-0.2, -0.15) is 10.3 Å². The van der Waals surface area contributed by atoms with Crippen LogP contribution >= 0.6 is 12.2 Å². The third-order valence-electron chi connectivity index (χ3n) is 1.49. The molecule has 0 fully saturated rings. The number of isothiocyanates is 1. The molecule has 0 aliphatic carbocycles. The van der Waals surface area contributed by atoms with E-state index in [1.54, 1.807) is 25.3 Å². The number of rotatable bonds is 2. The Kier molecular flexibility index (Phi) is 3.15. The van der Waals surface area contributed by atoms with Crippen LogP contribution in [-0.4, -0.2) is 12.3 Å². The van der Waals surface area contributed by atoms with E-state index < -0.39 is 0 Å². The third kappa shape index (κ3) is 2.12. The number of ether oxygens (including phenoxy) is 1. The summed E-state index contributed by atoms with van der Waals surface area (Å²) in [6.07, 6.45) is 0. The molecule has 0 bridgehead atoms. The Bertz CT molecular complexity index is 403. The maximum absolute atomic E-state index is 8.74. The number of aliphatic imine (C=N–C) groups is 1. The molecule has 0 amide bonds. The van der Waals surface area contributed by atoms with Crippen molar-refractivity contribution >= 4 is 23.1 Å². The molecule has 0 aromatic heterocycles. The summed E-state index contributed by atoms with van der Waals surface area (Å²) in [5.74, 6) is 0.625. The van der Waals surface area contributed by atoms with E-state index in [1.165, 1.54) is 0 Å². The molecule has 0 N–H and O–H groups in total. The van der Waals surface area contributed by atoms with Crippen molar-refractivity contribution in [3.05, 3.63) is 23.8 Å². The van der Waals surface area contributed by atoms with Gasteiger partial charge in [0.2, 0.25) is 0 Å². The molecule has 4 heteroatoms. The Balaban J connectivity index is 3.25. The van der Waals surface area contributed by atoms with Crippen molar-refractivity contribution in [2.45, 2.75) is 0 Å². The lowest BCUT2D eigenvalue weighted by molar-refractivity contribution is 0.414. The zero-order valence-corrected chi connectivity index (χ0v) is 7.76. The molecule has 0 heterocycles. The maximum atomic E-state index is 8.74. The first-order chi connectivity index (χ1) is 6.31. The van der Waals surface area contributed by atoms with Crippen LogP contribution in [0, 0.1) is 11.3 Å². The molecule has 3 nitrogen and oxygen atoms in total. The van der Waals surface area contributed by atoms with E-state index >= 15 is 0 Å². The zero-order valence-electron chi connectivity index (χ0n) is 6.94. The zero-order chi connectivity index (χ0) is 9.68. The summed E-state index contributed by atoms with van der Waals surface area (Å²) in [6.45, 7) is 0. The molecule has 13 heavy (non-hydrogen) atoms. The van der Waals surface area contributed by atoms with Crippen molar-refractivity contribution < 1.29 is 4.74 Å². The standard InChI is InChI=1S/C9H6N2OS/c1-12-8-2-3-9(11-6-13)7(4-8)5-10/h2-4H,1H3. The van der Waals surface area contributed by atoms with Gasteiger partial charge in [0.1, 0.15) is 11.8 Å². The largest absolute Gasteiger partial charge is 0.497 e. The Hall–Kier alpha value is -1.69. The van der Waals surface area contributed by atoms with Crippen molar-refractivity contribution in [3.63, 3.8) is 0 Å². The number of nitriles is 1. The smallest absolute Gasteiger partial charge is 0.120 e. The molecular weight excluding hydrogens is 184 g/mol. The van der Waals surface area contributed by atoms with Crippen LogP contribution in [-0.2, 0) is 0 Å². The predicted molar refractivity (Wildman–Crippen MR) is 52.4 cm³/mol. The van der Waals surface area contributed by atoms with Gasteiger partial charge in [0.25, 0.3) is 0 Å². The van der Waals surface area contributed by atoms with Crippen LogP contribution < -0.4 is 4.74 Å². The number of hydrogen-bond acceptors (Lipinski definition) is 4. The summed E-state index contributed by atoms with van der Waals surface area (Å²) in [7, 11) is 1.54. The molecule has 0 aliphatic heterocycles. The van der Waals surface area contributed by atoms with Gasteiger partial charge in [0.05, 0.1) is 23.5 Å². The molecule has 0 aliphatic rings. The first kappa shape index (κ1) is 9.40. The van der Waals surface area contributed by atoms with Crippen molar-refractivity contribution in [1.29, 1.82) is 5.26 Å². The van der Waals surface area contributed by atoms with E-state index in [9.17, 15) is 0 Å². The van der Waals surface area contributed by atoms with Gasteiger partial charge in [-0.3, -0.25) is 0 Å². The van der Waals surface area contributed by atoms with E-state index in [-0.39, 0.29) is 0 Å². The van der Waals surface area contributed by atoms with Crippen molar-refractivity contribution in [1.82, 2.24) is 0 Å². The highest BCUT2D eigenvalue weighted by Crippen LogP contribution is 2.22. The summed E-state index contributed by atoms with van der Waals surface area (Å²) in [5, 5.41) is 11.0. The molecule has 0 atom stereocenters. The van der Waals surface area contributed by atoms with Crippen LogP contribution in [0.3, 0.4) is 0 Å². The lowest BCUT2D eigenvalue weighted by Gasteiger charge is -2.00. The average molecular weight is 190 g/mol. The molecule has 0 unspecified atom stereocenters. The Morgan fingerprint density at radius 3 is 2.85 bits per heavy atom. The number of hydrogen-bond donors (Lipinski definition) is 0. The Labute approximate surface area is 81.3 Å². The van der Waals surface area contributed by atoms with Gasteiger partial charge in [-0.15, -0.1) is 0 Å². The summed E-state index contributed by atoms with van der Waals surface area (Å²) in [6, 6.07) is 6.98. The van der Waals surface area contributed by atoms with Gasteiger partial charge in [0.15, 0.2) is 0 Å². The van der Waals surface area contributed by atoms with Crippen LogP contribution in [0.5, 0.6) is 5.75 Å². The van der Waals surface area contributed by atoms with Crippen LogP contribution in [0.4, 0.5) is 5.69 Å². The number of thiocarbonyl (C=S) groups is 1. The second-order valence-electron chi connectivity index (χ2n) is 2.20. The van der Waals surface area contributed by atoms with E-state index in [0.29, 0.717) is 17.0 Å². The normalized spacial score (nSPS) is 8.31. The van der Waals surface area contributed by atoms with Crippen LogP contribution in [0.25, 0.3) is 0 Å². The summed E-state index contributed by atoms with van der Waals surface area (Å²) in [5.41, 5.74) is 0.940. The van der Waals surface area contributed by atoms with E-state index in [1.807, 2.05) is 6.07 Å². The first-order valence-electron chi connectivity index (χ1n) is 3.48. The highest BCUT2D eigenvalue weighted by molar-refractivity contribution is 7.78. The van der Waals surface area contributed by atoms with Gasteiger partial charge >= 0.3 is 0 Å². The molecule has 0 spiro atoms. The fourth-order valence-corrected chi connectivity index (χ4v) is 0.977. The molecule has 64 valence electrons. The minimum Gasteiger partial charge on any atom is -0.497 e. The summed E-state index contributed by atoms with van der Waals surface area (Å²) in [4.78, 5) is 3.74. The minimum absolute atomic E-state index is 0.428. The van der Waals surface area contributed by atoms with Crippen LogP contribution in [0.2, 0.25) is 0 Å². The second kappa shape index (κ2) is 4.36. The van der Waals surface area contributed by atoms with Gasteiger partial charge in [-0.1, -0.05) is 0 Å². The SMILES string of the molecule is COc1ccc(N=C=S)c(C#N)c1. The van der Waals surface area contributed by atoms with Gasteiger partial charge in [0, 0.05) is 6.07 Å². The molecule has 0 saturated heterocycles. The summed E-state index contributed by atoms with van der Waals surface area (Å²) >= 11 is 4.45. The third-order valence-corrected chi connectivity index (χ3v) is 1.58. The Morgan fingerprint density at radius 1 is 1.54 bits per heavy atom. The predicted octanol–water partition coefficient (Wildman–Crippen LogP) is 2.30. The van der Waals surface area contributed by atoms with Crippen LogP contribution in [0.1, 0.15) is 5.56 Å². The second-order valence-corrected chi connectivity index (χ2v) is 2.38. The van der Waals surface area contributed by atoms with Gasteiger partial charge in [-0.05, 0) is 24.4 Å². The fraction of sp³-hybridized carbons (Fsp3) is 0.111. The summed E-state index contributed by atoms with van der Waals surface area (Å²) < 4.78 is 4.95. The molecular formula is C9H6N2OS. The van der Waals surface area contributed by atoms with Gasteiger partial charge < -0.3 is 4.74 Å².